The second-order valence-electron chi connectivity index (χ2n) is 17.0. The van der Waals surface area contributed by atoms with Crippen molar-refractivity contribution in [3.05, 3.63) is 0 Å². The summed E-state index contributed by atoms with van der Waals surface area (Å²) in [6.45, 7) is 46.4. The molecule has 0 aromatic carbocycles. The Kier molecular flexibility index (Phi) is 12.7. The van der Waals surface area contributed by atoms with Crippen molar-refractivity contribution in [1.29, 1.82) is 0 Å². The van der Waals surface area contributed by atoms with Gasteiger partial charge in [-0.3, -0.25) is 0 Å². The predicted molar refractivity (Wildman–Crippen MR) is 184 cm³/mol. The molecule has 0 aliphatic heterocycles. The Morgan fingerprint density at radius 3 is 1.68 bits per heavy atom. The molecule has 0 radical (unpaired) electrons. The summed E-state index contributed by atoms with van der Waals surface area (Å²) in [5.74, 6) is 5.91. The minimum absolute atomic E-state index is 0.421. The normalized spacial score (nSPS) is 44.8. The molecule has 0 aromatic rings. The van der Waals surface area contributed by atoms with Crippen molar-refractivity contribution in [2.24, 2.45) is 73.9 Å². The average molecular weight is 561 g/mol. The summed E-state index contributed by atoms with van der Waals surface area (Å²) in [5, 5.41) is 0. The van der Waals surface area contributed by atoms with Gasteiger partial charge >= 0.3 is 0 Å². The molecule has 4 rings (SSSR count). The van der Waals surface area contributed by atoms with E-state index in [-0.39, 0.29) is 0 Å². The highest BCUT2D eigenvalue weighted by atomic mass is 14.8. The summed E-state index contributed by atoms with van der Waals surface area (Å²) in [7, 11) is 0. The second-order valence-corrected chi connectivity index (χ2v) is 17.0. The van der Waals surface area contributed by atoms with Gasteiger partial charge in [0.1, 0.15) is 0 Å². The molecule has 4 saturated carbocycles. The highest BCUT2D eigenvalue weighted by molar-refractivity contribution is 5.21. The summed E-state index contributed by atoms with van der Waals surface area (Å²) in [4.78, 5) is 0. The van der Waals surface area contributed by atoms with Crippen LogP contribution in [0.5, 0.6) is 0 Å². The Balaban J connectivity index is 0.00000125. The average Bonchev–Trinajstić information content (AvgIpc) is 3.20. The van der Waals surface area contributed by atoms with Gasteiger partial charge in [0.15, 0.2) is 0 Å². The van der Waals surface area contributed by atoms with Crippen LogP contribution in [-0.4, -0.2) is 0 Å². The molecule has 4 aliphatic rings. The standard InChI is InChI=1S/C34H62.3C2H6/c1-22(2)21-34(13,23(3)4)33(12)19-18-32(11)28(33)24(5)20-27-30(9)16-14-25(6)29(7,8)26(30)15-17-31(27,32)10;3*1-2/h22-28H,14-21H2,1-13H3;3*1-2H3. The Morgan fingerprint density at radius 1 is 0.675 bits per heavy atom. The fraction of sp³-hybridized carbons (Fsp3) is 1.00. The van der Waals surface area contributed by atoms with Crippen molar-refractivity contribution in [2.45, 2.75) is 183 Å². The Labute approximate surface area is 256 Å². The van der Waals surface area contributed by atoms with Crippen LogP contribution in [-0.2, 0) is 0 Å². The molecular formula is C40H80. The largest absolute Gasteiger partial charge is 0.0683 e. The van der Waals surface area contributed by atoms with E-state index in [1.807, 2.05) is 41.5 Å². The van der Waals surface area contributed by atoms with E-state index in [1.54, 1.807) is 0 Å². The maximum absolute atomic E-state index is 2.81. The Morgan fingerprint density at radius 2 is 1.20 bits per heavy atom. The van der Waals surface area contributed by atoms with E-state index in [1.165, 1.54) is 51.4 Å². The topological polar surface area (TPSA) is 0 Å². The zero-order chi connectivity index (χ0) is 31.7. The quantitative estimate of drug-likeness (QED) is 0.321. The van der Waals surface area contributed by atoms with Crippen LogP contribution in [0, 0.1) is 73.9 Å². The highest BCUT2D eigenvalue weighted by Gasteiger charge is 2.73. The molecule has 10 atom stereocenters. The van der Waals surface area contributed by atoms with E-state index >= 15 is 0 Å². The third-order valence-corrected chi connectivity index (χ3v) is 15.0. The maximum atomic E-state index is 2.81. The summed E-state index contributed by atoms with van der Waals surface area (Å²) >= 11 is 0. The van der Waals surface area contributed by atoms with Gasteiger partial charge in [0, 0.05) is 0 Å². The van der Waals surface area contributed by atoms with E-state index < -0.39 is 0 Å². The maximum Gasteiger partial charge on any atom is -0.0233 e. The third kappa shape index (κ3) is 5.42. The first kappa shape index (κ1) is 38.0. The van der Waals surface area contributed by atoms with Gasteiger partial charge in [-0.15, -0.1) is 0 Å². The second kappa shape index (κ2) is 13.3. The van der Waals surface area contributed by atoms with E-state index in [9.17, 15) is 0 Å². The van der Waals surface area contributed by atoms with Crippen LogP contribution in [0.25, 0.3) is 0 Å². The molecule has 4 fully saturated rings. The van der Waals surface area contributed by atoms with Crippen LogP contribution in [0.2, 0.25) is 0 Å². The molecule has 0 bridgehead atoms. The van der Waals surface area contributed by atoms with E-state index in [0.29, 0.717) is 32.5 Å². The van der Waals surface area contributed by atoms with Gasteiger partial charge in [-0.25, -0.2) is 0 Å². The van der Waals surface area contributed by atoms with Gasteiger partial charge < -0.3 is 0 Å². The van der Waals surface area contributed by atoms with Gasteiger partial charge in [-0.05, 0) is 125 Å². The summed E-state index contributed by atoms with van der Waals surface area (Å²) in [5.41, 5.74) is 2.88. The minimum atomic E-state index is 0.421. The Hall–Kier alpha value is 0. The zero-order valence-electron chi connectivity index (χ0n) is 31.7. The molecule has 0 amide bonds. The van der Waals surface area contributed by atoms with Crippen LogP contribution >= 0.6 is 0 Å². The van der Waals surface area contributed by atoms with Gasteiger partial charge in [0.25, 0.3) is 0 Å². The third-order valence-electron chi connectivity index (χ3n) is 15.0. The molecule has 0 saturated heterocycles. The van der Waals surface area contributed by atoms with Crippen LogP contribution in [0.4, 0.5) is 0 Å². The number of rotatable bonds is 4. The summed E-state index contributed by atoms with van der Waals surface area (Å²) in [6, 6.07) is 0. The first-order chi connectivity index (χ1) is 18.4. The predicted octanol–water partition coefficient (Wildman–Crippen LogP) is 13.7. The number of hydrogen-bond donors (Lipinski definition) is 0. The fourth-order valence-electron chi connectivity index (χ4n) is 12.5. The lowest BCUT2D eigenvalue weighted by molar-refractivity contribution is -0.236. The van der Waals surface area contributed by atoms with Gasteiger partial charge in [0.2, 0.25) is 0 Å². The number of fused-ring (bicyclic) bond motifs is 5. The van der Waals surface area contributed by atoms with Crippen molar-refractivity contribution in [1.82, 2.24) is 0 Å². The van der Waals surface area contributed by atoms with Crippen molar-refractivity contribution >= 4 is 0 Å². The van der Waals surface area contributed by atoms with Crippen LogP contribution in [0.1, 0.15) is 183 Å². The lowest BCUT2D eigenvalue weighted by atomic mass is 9.33. The molecule has 4 aliphatic carbocycles. The van der Waals surface area contributed by atoms with Crippen molar-refractivity contribution in [3.8, 4) is 0 Å². The summed E-state index contributed by atoms with van der Waals surface area (Å²) in [6.07, 6.45) is 11.7. The monoisotopic (exact) mass is 561 g/mol. The van der Waals surface area contributed by atoms with E-state index in [0.717, 1.165) is 41.4 Å². The fourth-order valence-corrected chi connectivity index (χ4v) is 12.5. The van der Waals surface area contributed by atoms with Crippen LogP contribution < -0.4 is 0 Å². The zero-order valence-corrected chi connectivity index (χ0v) is 31.7. The SMILES string of the molecule is CC.CC.CC.CC(C)CC(C)(C(C)C)C1(C)CCC2(C)C1C(C)CC1C3(C)CCC(C)C(C)(C)C3CCC12C. The van der Waals surface area contributed by atoms with Crippen LogP contribution in [0.15, 0.2) is 0 Å². The van der Waals surface area contributed by atoms with E-state index in [2.05, 4.69) is 90.0 Å². The first-order valence-corrected chi connectivity index (χ1v) is 18.4. The molecule has 0 heterocycles. The van der Waals surface area contributed by atoms with E-state index in [4.69, 9.17) is 0 Å². The van der Waals surface area contributed by atoms with Gasteiger partial charge in [-0.1, -0.05) is 132 Å². The van der Waals surface area contributed by atoms with Gasteiger partial charge in [0.05, 0.1) is 0 Å². The van der Waals surface area contributed by atoms with Crippen molar-refractivity contribution in [3.63, 3.8) is 0 Å². The first-order valence-electron chi connectivity index (χ1n) is 18.4. The van der Waals surface area contributed by atoms with Crippen LogP contribution in [0.3, 0.4) is 0 Å². The lowest BCUT2D eigenvalue weighted by Crippen LogP contribution is -2.65. The lowest BCUT2D eigenvalue weighted by Gasteiger charge is -2.72. The molecule has 0 N–H and O–H groups in total. The number of hydrogen-bond acceptors (Lipinski definition) is 0. The molecule has 240 valence electrons. The molecule has 0 spiro atoms. The molecule has 0 aromatic heterocycles. The molecule has 0 nitrogen and oxygen atoms in total. The highest BCUT2D eigenvalue weighted by Crippen LogP contribution is 2.80. The van der Waals surface area contributed by atoms with Crippen molar-refractivity contribution in [2.75, 3.05) is 0 Å². The smallest absolute Gasteiger partial charge is 0.0233 e. The summed E-state index contributed by atoms with van der Waals surface area (Å²) < 4.78 is 0. The minimum Gasteiger partial charge on any atom is -0.0683 e. The molecule has 0 heteroatoms. The van der Waals surface area contributed by atoms with Gasteiger partial charge in [-0.2, -0.15) is 0 Å². The Bertz CT molecular complexity index is 775. The molecule has 40 heavy (non-hydrogen) atoms. The molecular weight excluding hydrogens is 480 g/mol. The van der Waals surface area contributed by atoms with Crippen molar-refractivity contribution < 1.29 is 0 Å². The molecule has 10 unspecified atom stereocenters.